The molecule has 0 spiro atoms. The Kier molecular flexibility index (Phi) is 11.6. The van der Waals surface area contributed by atoms with E-state index in [0.717, 1.165) is 41.5 Å². The number of amides is 1. The molecule has 0 bridgehead atoms. The standard InChI is InChI=1S/C28H39NO6/c1-6-8-9-14-29(28(32)35-26-21(4)17-20(3)18-22(26)5)15-16-34-24-12-10-23(11-13-24)19-25(27(30)31)33-7-2/h10-13,17-18,25H,6-9,14-16,19H2,1-5H3,(H,30,31). The summed E-state index contributed by atoms with van der Waals surface area (Å²) in [5.41, 5.74) is 3.87. The van der Waals surface area contributed by atoms with Crippen LogP contribution >= 0.6 is 0 Å². The molecule has 0 saturated heterocycles. The Labute approximate surface area is 209 Å². The van der Waals surface area contributed by atoms with Gasteiger partial charge in [-0.1, -0.05) is 49.6 Å². The SMILES string of the molecule is CCCCCN(CCOc1ccc(CC(OCC)C(=O)O)cc1)C(=O)Oc1c(C)cc(C)cc1C. The van der Waals surface area contributed by atoms with E-state index >= 15 is 0 Å². The summed E-state index contributed by atoms with van der Waals surface area (Å²) >= 11 is 0. The van der Waals surface area contributed by atoms with E-state index in [0.29, 0.717) is 44.2 Å². The maximum absolute atomic E-state index is 13.0. The van der Waals surface area contributed by atoms with Crippen LogP contribution in [0.2, 0.25) is 0 Å². The van der Waals surface area contributed by atoms with Crippen LogP contribution < -0.4 is 9.47 Å². The number of aryl methyl sites for hydroxylation is 3. The minimum Gasteiger partial charge on any atom is -0.492 e. The average Bonchev–Trinajstić information content (AvgIpc) is 2.81. The second-order valence-corrected chi connectivity index (χ2v) is 8.77. The van der Waals surface area contributed by atoms with Crippen LogP contribution in [0.25, 0.3) is 0 Å². The summed E-state index contributed by atoms with van der Waals surface area (Å²) in [6.07, 6.45) is 2.05. The van der Waals surface area contributed by atoms with E-state index in [-0.39, 0.29) is 6.09 Å². The van der Waals surface area contributed by atoms with E-state index in [2.05, 4.69) is 6.92 Å². The van der Waals surface area contributed by atoms with Crippen LogP contribution in [0, 0.1) is 20.8 Å². The third-order valence-electron chi connectivity index (χ3n) is 5.70. The summed E-state index contributed by atoms with van der Waals surface area (Å²) in [5.74, 6) is 0.298. The van der Waals surface area contributed by atoms with Crippen molar-refractivity contribution >= 4 is 12.1 Å². The molecular weight excluding hydrogens is 446 g/mol. The summed E-state index contributed by atoms with van der Waals surface area (Å²) in [5, 5.41) is 9.25. The van der Waals surface area contributed by atoms with Gasteiger partial charge < -0.3 is 24.2 Å². The largest absolute Gasteiger partial charge is 0.492 e. The molecule has 0 fully saturated rings. The monoisotopic (exact) mass is 485 g/mol. The number of carbonyl (C=O) groups excluding carboxylic acids is 1. The van der Waals surface area contributed by atoms with E-state index in [1.165, 1.54) is 0 Å². The summed E-state index contributed by atoms with van der Waals surface area (Å²) < 4.78 is 16.9. The number of ether oxygens (including phenoxy) is 3. The van der Waals surface area contributed by atoms with Crippen LogP contribution in [-0.2, 0) is 16.0 Å². The maximum atomic E-state index is 13.0. The summed E-state index contributed by atoms with van der Waals surface area (Å²) in [6.45, 7) is 11.5. The molecule has 2 rings (SSSR count). The van der Waals surface area contributed by atoms with Gasteiger partial charge in [0, 0.05) is 19.6 Å². The predicted octanol–water partition coefficient (Wildman–Crippen LogP) is 5.71. The van der Waals surface area contributed by atoms with E-state index in [1.54, 1.807) is 24.0 Å². The number of rotatable bonds is 14. The number of unbranched alkanes of at least 4 members (excludes halogenated alkanes) is 2. The van der Waals surface area contributed by atoms with Crippen molar-refractivity contribution in [2.24, 2.45) is 0 Å². The Balaban J connectivity index is 1.96. The third kappa shape index (κ3) is 9.25. The highest BCUT2D eigenvalue weighted by molar-refractivity contribution is 5.73. The van der Waals surface area contributed by atoms with Gasteiger partial charge in [-0.15, -0.1) is 0 Å². The first-order chi connectivity index (χ1) is 16.7. The van der Waals surface area contributed by atoms with Crippen LogP contribution in [0.1, 0.15) is 55.4 Å². The second kappa shape index (κ2) is 14.4. The Bertz CT molecular complexity index is 933. The van der Waals surface area contributed by atoms with Gasteiger partial charge in [-0.05, 0) is 62.9 Å². The van der Waals surface area contributed by atoms with Gasteiger partial charge in [0.25, 0.3) is 0 Å². The van der Waals surface area contributed by atoms with Crippen LogP contribution in [0.5, 0.6) is 11.5 Å². The maximum Gasteiger partial charge on any atom is 0.415 e. The fourth-order valence-corrected chi connectivity index (χ4v) is 3.95. The topological polar surface area (TPSA) is 85.3 Å². The molecule has 1 unspecified atom stereocenters. The number of hydrogen-bond acceptors (Lipinski definition) is 5. The molecule has 0 heterocycles. The Hall–Kier alpha value is -3.06. The van der Waals surface area contributed by atoms with E-state index in [1.807, 2.05) is 45.0 Å². The van der Waals surface area contributed by atoms with Crippen LogP contribution in [-0.4, -0.2) is 54.5 Å². The van der Waals surface area contributed by atoms with Gasteiger partial charge >= 0.3 is 12.1 Å². The number of carbonyl (C=O) groups is 2. The molecule has 0 radical (unpaired) electrons. The number of carboxylic acid groups (broad SMARTS) is 1. The molecule has 0 aliphatic carbocycles. The minimum atomic E-state index is -0.974. The summed E-state index contributed by atoms with van der Waals surface area (Å²) in [6, 6.07) is 11.3. The highest BCUT2D eigenvalue weighted by atomic mass is 16.6. The summed E-state index contributed by atoms with van der Waals surface area (Å²) in [4.78, 5) is 26.0. The van der Waals surface area contributed by atoms with Crippen molar-refractivity contribution in [3.63, 3.8) is 0 Å². The van der Waals surface area contributed by atoms with Gasteiger partial charge in [0.05, 0.1) is 6.54 Å². The Morgan fingerprint density at radius 1 is 0.971 bits per heavy atom. The Morgan fingerprint density at radius 3 is 2.20 bits per heavy atom. The molecule has 0 aliphatic rings. The molecule has 1 atom stereocenters. The number of nitrogens with zero attached hydrogens (tertiary/aromatic N) is 1. The van der Waals surface area contributed by atoms with Gasteiger partial charge in [-0.25, -0.2) is 9.59 Å². The molecule has 192 valence electrons. The van der Waals surface area contributed by atoms with Crippen LogP contribution in [0.15, 0.2) is 36.4 Å². The highest BCUT2D eigenvalue weighted by Crippen LogP contribution is 2.25. The molecule has 0 aromatic heterocycles. The smallest absolute Gasteiger partial charge is 0.415 e. The predicted molar refractivity (Wildman–Crippen MR) is 136 cm³/mol. The zero-order chi connectivity index (χ0) is 25.8. The summed E-state index contributed by atoms with van der Waals surface area (Å²) in [7, 11) is 0. The number of aliphatic carboxylic acids is 1. The lowest BCUT2D eigenvalue weighted by Crippen LogP contribution is -2.37. The average molecular weight is 486 g/mol. The van der Waals surface area contributed by atoms with E-state index in [4.69, 9.17) is 14.2 Å². The first-order valence-electron chi connectivity index (χ1n) is 12.4. The van der Waals surface area contributed by atoms with Crippen molar-refractivity contribution in [3.8, 4) is 11.5 Å². The van der Waals surface area contributed by atoms with Gasteiger partial charge in [-0.3, -0.25) is 0 Å². The normalized spacial score (nSPS) is 11.7. The minimum absolute atomic E-state index is 0.290. The van der Waals surface area contributed by atoms with Crippen molar-refractivity contribution in [2.45, 2.75) is 66.4 Å². The Morgan fingerprint density at radius 2 is 1.63 bits per heavy atom. The molecule has 0 aliphatic heterocycles. The zero-order valence-electron chi connectivity index (χ0n) is 21.6. The van der Waals surface area contributed by atoms with Crippen molar-refractivity contribution in [3.05, 3.63) is 58.7 Å². The number of carboxylic acids is 1. The van der Waals surface area contributed by atoms with Gasteiger partial charge in [0.2, 0.25) is 0 Å². The first-order valence-corrected chi connectivity index (χ1v) is 12.4. The zero-order valence-corrected chi connectivity index (χ0v) is 21.6. The lowest BCUT2D eigenvalue weighted by molar-refractivity contribution is -0.149. The van der Waals surface area contributed by atoms with Crippen molar-refractivity contribution in [1.29, 1.82) is 0 Å². The quantitative estimate of drug-likeness (QED) is 0.345. The lowest BCUT2D eigenvalue weighted by Gasteiger charge is -2.23. The van der Waals surface area contributed by atoms with E-state index < -0.39 is 12.1 Å². The van der Waals surface area contributed by atoms with Gasteiger partial charge in [-0.2, -0.15) is 0 Å². The number of hydrogen-bond donors (Lipinski definition) is 1. The molecule has 1 N–H and O–H groups in total. The van der Waals surface area contributed by atoms with Gasteiger partial charge in [0.1, 0.15) is 18.1 Å². The third-order valence-corrected chi connectivity index (χ3v) is 5.70. The molecule has 2 aromatic rings. The second-order valence-electron chi connectivity index (χ2n) is 8.77. The molecular formula is C28H39NO6. The first kappa shape index (κ1) is 28.2. The fraction of sp³-hybridized carbons (Fsp3) is 0.500. The van der Waals surface area contributed by atoms with Crippen molar-refractivity contribution < 1.29 is 28.9 Å². The molecule has 2 aromatic carbocycles. The molecule has 7 nitrogen and oxygen atoms in total. The van der Waals surface area contributed by atoms with Crippen molar-refractivity contribution in [1.82, 2.24) is 4.90 Å². The van der Waals surface area contributed by atoms with Gasteiger partial charge in [0.15, 0.2) is 6.10 Å². The van der Waals surface area contributed by atoms with Crippen molar-refractivity contribution in [2.75, 3.05) is 26.3 Å². The van der Waals surface area contributed by atoms with E-state index in [9.17, 15) is 14.7 Å². The number of benzene rings is 2. The lowest BCUT2D eigenvalue weighted by atomic mass is 10.1. The van der Waals surface area contributed by atoms with Crippen LogP contribution in [0.3, 0.4) is 0 Å². The molecule has 1 amide bonds. The van der Waals surface area contributed by atoms with Crippen LogP contribution in [0.4, 0.5) is 4.79 Å². The molecule has 7 heteroatoms. The molecule has 35 heavy (non-hydrogen) atoms. The molecule has 0 saturated carbocycles. The highest BCUT2D eigenvalue weighted by Gasteiger charge is 2.19. The fourth-order valence-electron chi connectivity index (χ4n) is 3.95.